The van der Waals surface area contributed by atoms with Crippen LogP contribution in [0.5, 0.6) is 0 Å². The average Bonchev–Trinajstić information content (AvgIpc) is 2.53. The molecule has 4 heteroatoms. The van der Waals surface area contributed by atoms with Crippen molar-refractivity contribution >= 4 is 5.97 Å². The summed E-state index contributed by atoms with van der Waals surface area (Å²) in [4.78, 5) is 12.8. The van der Waals surface area contributed by atoms with Gasteiger partial charge in [-0.05, 0) is 19.9 Å². The molecule has 13 heavy (non-hydrogen) atoms. The Balaban J connectivity index is 2.14. The zero-order chi connectivity index (χ0) is 9.68. The predicted octanol–water partition coefficient (Wildman–Crippen LogP) is 0.429. The summed E-state index contributed by atoms with van der Waals surface area (Å²) >= 11 is 0. The number of hydrogen-bond donors (Lipinski definition) is 1. The lowest BCUT2D eigenvalue weighted by molar-refractivity contribution is -0.141. The Morgan fingerprint density at radius 2 is 2.46 bits per heavy atom. The number of carboxylic acid groups (broad SMARTS) is 1. The third-order valence-corrected chi connectivity index (χ3v) is 2.38. The maximum atomic E-state index is 10.6. The number of aliphatic carboxylic acids is 1. The third kappa shape index (κ3) is 3.32. The van der Waals surface area contributed by atoms with Crippen molar-refractivity contribution in [3.05, 3.63) is 0 Å². The van der Waals surface area contributed by atoms with Gasteiger partial charge in [0.25, 0.3) is 0 Å². The molecule has 1 heterocycles. The highest BCUT2D eigenvalue weighted by molar-refractivity contribution is 5.70. The van der Waals surface area contributed by atoms with E-state index in [1.807, 2.05) is 6.92 Å². The van der Waals surface area contributed by atoms with Gasteiger partial charge < -0.3 is 14.7 Å². The number of ether oxygens (including phenoxy) is 1. The Labute approximate surface area is 78.5 Å². The van der Waals surface area contributed by atoms with Crippen LogP contribution in [-0.4, -0.2) is 48.8 Å². The molecule has 0 saturated carbocycles. The summed E-state index contributed by atoms with van der Waals surface area (Å²) in [7, 11) is 0. The van der Waals surface area contributed by atoms with Gasteiger partial charge in [-0.15, -0.1) is 0 Å². The van der Waals surface area contributed by atoms with Gasteiger partial charge in [-0.25, -0.2) is 0 Å². The van der Waals surface area contributed by atoms with Crippen LogP contribution in [-0.2, 0) is 9.53 Å². The summed E-state index contributed by atoms with van der Waals surface area (Å²) in [5.74, 6) is -0.833. The number of rotatable bonds is 5. The minimum absolute atomic E-state index is 0.165. The largest absolute Gasteiger partial charge is 0.481 e. The van der Waals surface area contributed by atoms with Gasteiger partial charge in [0, 0.05) is 19.7 Å². The lowest BCUT2D eigenvalue weighted by Gasteiger charge is -2.14. The number of likely N-dealkylation sites (tertiary alicyclic amines) is 1. The van der Waals surface area contributed by atoms with Crippen LogP contribution in [0.4, 0.5) is 0 Å². The number of hydrogen-bond acceptors (Lipinski definition) is 3. The minimum atomic E-state index is -0.668. The lowest BCUT2D eigenvalue weighted by Crippen LogP contribution is -2.26. The van der Waals surface area contributed by atoms with Crippen molar-refractivity contribution in [3.8, 4) is 0 Å². The van der Waals surface area contributed by atoms with Crippen molar-refractivity contribution < 1.29 is 14.6 Å². The molecule has 1 aliphatic rings. The second-order valence-electron chi connectivity index (χ2n) is 3.32. The SMILES string of the molecule is CCOCCN1CCC(C(=O)O)C1. The van der Waals surface area contributed by atoms with E-state index in [-0.39, 0.29) is 5.92 Å². The molecule has 0 spiro atoms. The van der Waals surface area contributed by atoms with Gasteiger partial charge in [-0.1, -0.05) is 0 Å². The van der Waals surface area contributed by atoms with Crippen molar-refractivity contribution in [2.75, 3.05) is 32.8 Å². The molecule has 1 aliphatic heterocycles. The standard InChI is InChI=1S/C9H17NO3/c1-2-13-6-5-10-4-3-8(7-10)9(11)12/h8H,2-7H2,1H3,(H,11,12). The van der Waals surface area contributed by atoms with Crippen molar-refractivity contribution in [1.29, 1.82) is 0 Å². The van der Waals surface area contributed by atoms with Gasteiger partial charge in [0.15, 0.2) is 0 Å². The van der Waals surface area contributed by atoms with Crippen molar-refractivity contribution in [2.45, 2.75) is 13.3 Å². The molecule has 1 unspecified atom stereocenters. The zero-order valence-electron chi connectivity index (χ0n) is 8.03. The highest BCUT2D eigenvalue weighted by Gasteiger charge is 2.27. The fourth-order valence-electron chi connectivity index (χ4n) is 1.58. The molecule has 76 valence electrons. The van der Waals surface area contributed by atoms with E-state index in [4.69, 9.17) is 9.84 Å². The van der Waals surface area contributed by atoms with Gasteiger partial charge in [0.1, 0.15) is 0 Å². The maximum Gasteiger partial charge on any atom is 0.307 e. The topological polar surface area (TPSA) is 49.8 Å². The number of carboxylic acids is 1. The molecule has 0 bridgehead atoms. The van der Waals surface area contributed by atoms with Crippen LogP contribution in [0.2, 0.25) is 0 Å². The molecule has 0 aromatic carbocycles. The van der Waals surface area contributed by atoms with E-state index in [0.717, 1.165) is 26.1 Å². The van der Waals surface area contributed by atoms with Gasteiger partial charge in [-0.2, -0.15) is 0 Å². The molecule has 1 fully saturated rings. The fourth-order valence-corrected chi connectivity index (χ4v) is 1.58. The Kier molecular flexibility index (Phi) is 4.18. The zero-order valence-corrected chi connectivity index (χ0v) is 8.03. The molecule has 1 atom stereocenters. The maximum absolute atomic E-state index is 10.6. The molecule has 0 amide bonds. The second kappa shape index (κ2) is 5.19. The van der Waals surface area contributed by atoms with E-state index in [1.54, 1.807) is 0 Å². The summed E-state index contributed by atoms with van der Waals surface area (Å²) in [6.45, 7) is 5.84. The molecule has 0 radical (unpaired) electrons. The van der Waals surface area contributed by atoms with E-state index < -0.39 is 5.97 Å². The quantitative estimate of drug-likeness (QED) is 0.634. The summed E-state index contributed by atoms with van der Waals surface area (Å²) in [5, 5.41) is 8.74. The number of carbonyl (C=O) groups is 1. The van der Waals surface area contributed by atoms with Crippen molar-refractivity contribution in [3.63, 3.8) is 0 Å². The lowest BCUT2D eigenvalue weighted by atomic mass is 10.1. The van der Waals surface area contributed by atoms with Crippen LogP contribution < -0.4 is 0 Å². The summed E-state index contributed by atoms with van der Waals surface area (Å²) < 4.78 is 5.20. The monoisotopic (exact) mass is 187 g/mol. The average molecular weight is 187 g/mol. The van der Waals surface area contributed by atoms with E-state index in [1.165, 1.54) is 0 Å². The Bertz CT molecular complexity index is 172. The van der Waals surface area contributed by atoms with Gasteiger partial charge in [0.2, 0.25) is 0 Å². The first-order valence-electron chi connectivity index (χ1n) is 4.77. The smallest absolute Gasteiger partial charge is 0.307 e. The van der Waals surface area contributed by atoms with E-state index in [9.17, 15) is 4.79 Å². The molecular formula is C9H17NO3. The number of nitrogens with zero attached hydrogens (tertiary/aromatic N) is 1. The van der Waals surface area contributed by atoms with Crippen LogP contribution in [0.25, 0.3) is 0 Å². The molecule has 0 aromatic rings. The molecular weight excluding hydrogens is 170 g/mol. The summed E-state index contributed by atoms with van der Waals surface area (Å²) in [6, 6.07) is 0. The van der Waals surface area contributed by atoms with Crippen LogP contribution in [0.1, 0.15) is 13.3 Å². The van der Waals surface area contributed by atoms with Gasteiger partial charge in [0.05, 0.1) is 12.5 Å². The Morgan fingerprint density at radius 1 is 1.69 bits per heavy atom. The molecule has 0 aromatic heterocycles. The van der Waals surface area contributed by atoms with E-state index in [0.29, 0.717) is 13.2 Å². The molecule has 1 saturated heterocycles. The second-order valence-corrected chi connectivity index (χ2v) is 3.32. The summed E-state index contributed by atoms with van der Waals surface area (Å²) in [5.41, 5.74) is 0. The first-order chi connectivity index (χ1) is 6.24. The fraction of sp³-hybridized carbons (Fsp3) is 0.889. The first-order valence-corrected chi connectivity index (χ1v) is 4.77. The van der Waals surface area contributed by atoms with Crippen LogP contribution in [0.3, 0.4) is 0 Å². The summed E-state index contributed by atoms with van der Waals surface area (Å²) in [6.07, 6.45) is 0.779. The van der Waals surface area contributed by atoms with Crippen molar-refractivity contribution in [2.24, 2.45) is 5.92 Å². The van der Waals surface area contributed by atoms with Crippen LogP contribution in [0, 0.1) is 5.92 Å². The third-order valence-electron chi connectivity index (χ3n) is 2.38. The normalized spacial score (nSPS) is 23.6. The van der Waals surface area contributed by atoms with Crippen molar-refractivity contribution in [1.82, 2.24) is 4.90 Å². The highest BCUT2D eigenvalue weighted by atomic mass is 16.5. The Hall–Kier alpha value is -0.610. The van der Waals surface area contributed by atoms with Crippen LogP contribution in [0.15, 0.2) is 0 Å². The first kappa shape index (κ1) is 10.5. The molecule has 0 aliphatic carbocycles. The van der Waals surface area contributed by atoms with Crippen LogP contribution >= 0.6 is 0 Å². The molecule has 1 N–H and O–H groups in total. The van der Waals surface area contributed by atoms with E-state index in [2.05, 4.69) is 4.90 Å². The van der Waals surface area contributed by atoms with E-state index >= 15 is 0 Å². The highest BCUT2D eigenvalue weighted by Crippen LogP contribution is 2.15. The predicted molar refractivity (Wildman–Crippen MR) is 48.7 cm³/mol. The Morgan fingerprint density at radius 3 is 3.00 bits per heavy atom. The van der Waals surface area contributed by atoms with Gasteiger partial charge in [-0.3, -0.25) is 4.79 Å². The van der Waals surface area contributed by atoms with Gasteiger partial charge >= 0.3 is 5.97 Å². The minimum Gasteiger partial charge on any atom is -0.481 e. The molecule has 4 nitrogen and oxygen atoms in total. The molecule has 1 rings (SSSR count).